The highest BCUT2D eigenvalue weighted by Gasteiger charge is 2.29. The van der Waals surface area contributed by atoms with Crippen LogP contribution in [0.4, 0.5) is 0 Å². The highest BCUT2D eigenvalue weighted by Crippen LogP contribution is 2.39. The van der Waals surface area contributed by atoms with E-state index in [2.05, 4.69) is 27.2 Å². The standard InChI is InChI=1S/C18H17N3O4/c1-3-13(12-5-6-14-16(9-12)24-11-23-14)21(7-1)10-17-19-20-18(25-17)15-4-2-8-22-15/h2,4-6,8-9,13H,1,3,7,10-11H2/t13-/m0/s1. The molecule has 0 N–H and O–H groups in total. The zero-order chi connectivity index (χ0) is 16.6. The lowest BCUT2D eigenvalue weighted by Crippen LogP contribution is -2.22. The van der Waals surface area contributed by atoms with Crippen LogP contribution in [0.15, 0.2) is 45.4 Å². The third-order valence-corrected chi connectivity index (χ3v) is 4.68. The van der Waals surface area contributed by atoms with Crippen LogP contribution in [0.2, 0.25) is 0 Å². The molecule has 7 heteroatoms. The maximum Gasteiger partial charge on any atom is 0.283 e. The summed E-state index contributed by atoms with van der Waals surface area (Å²) in [7, 11) is 0. The van der Waals surface area contributed by atoms with E-state index in [0.29, 0.717) is 36.9 Å². The van der Waals surface area contributed by atoms with Crippen molar-refractivity contribution in [3.63, 3.8) is 0 Å². The summed E-state index contributed by atoms with van der Waals surface area (Å²) in [5, 5.41) is 8.23. The molecule has 0 aliphatic carbocycles. The second kappa shape index (κ2) is 5.93. The minimum Gasteiger partial charge on any atom is -0.459 e. The van der Waals surface area contributed by atoms with Gasteiger partial charge in [-0.3, -0.25) is 4.90 Å². The minimum atomic E-state index is 0.296. The highest BCUT2D eigenvalue weighted by atomic mass is 16.7. The molecule has 0 bridgehead atoms. The molecule has 1 fully saturated rings. The fourth-order valence-electron chi connectivity index (χ4n) is 3.50. The predicted octanol–water partition coefficient (Wildman–Crippen LogP) is 3.40. The van der Waals surface area contributed by atoms with E-state index >= 15 is 0 Å². The Bertz CT molecular complexity index is 874. The number of ether oxygens (including phenoxy) is 2. The molecule has 1 atom stereocenters. The number of hydrogen-bond acceptors (Lipinski definition) is 7. The lowest BCUT2D eigenvalue weighted by molar-refractivity contribution is 0.173. The topological polar surface area (TPSA) is 73.8 Å². The molecule has 3 aromatic rings. The number of benzene rings is 1. The number of fused-ring (bicyclic) bond motifs is 1. The lowest BCUT2D eigenvalue weighted by atomic mass is 10.0. The summed E-state index contributed by atoms with van der Waals surface area (Å²) < 4.78 is 21.9. The molecule has 25 heavy (non-hydrogen) atoms. The van der Waals surface area contributed by atoms with Gasteiger partial charge in [-0.2, -0.15) is 0 Å². The smallest absolute Gasteiger partial charge is 0.283 e. The molecule has 0 saturated carbocycles. The van der Waals surface area contributed by atoms with Gasteiger partial charge in [0.05, 0.1) is 12.8 Å². The van der Waals surface area contributed by atoms with Crippen LogP contribution in [0, 0.1) is 0 Å². The average Bonchev–Trinajstić information content (AvgIpc) is 3.41. The van der Waals surface area contributed by atoms with Crippen LogP contribution in [0.5, 0.6) is 11.5 Å². The van der Waals surface area contributed by atoms with Gasteiger partial charge in [0.15, 0.2) is 17.3 Å². The number of rotatable bonds is 4. The van der Waals surface area contributed by atoms with E-state index in [1.54, 1.807) is 12.3 Å². The monoisotopic (exact) mass is 339 g/mol. The van der Waals surface area contributed by atoms with Crippen molar-refractivity contribution < 1.29 is 18.3 Å². The largest absolute Gasteiger partial charge is 0.459 e. The normalized spacial score (nSPS) is 19.6. The minimum absolute atomic E-state index is 0.296. The van der Waals surface area contributed by atoms with Crippen molar-refractivity contribution in [1.29, 1.82) is 0 Å². The summed E-state index contributed by atoms with van der Waals surface area (Å²) in [6.45, 7) is 1.91. The third-order valence-electron chi connectivity index (χ3n) is 4.68. The van der Waals surface area contributed by atoms with Crippen LogP contribution >= 0.6 is 0 Å². The number of nitrogens with zero attached hydrogens (tertiary/aromatic N) is 3. The molecule has 7 nitrogen and oxygen atoms in total. The molecule has 0 radical (unpaired) electrons. The zero-order valence-electron chi connectivity index (χ0n) is 13.6. The third kappa shape index (κ3) is 2.66. The van der Waals surface area contributed by atoms with Crippen molar-refractivity contribution in [3.05, 3.63) is 48.0 Å². The van der Waals surface area contributed by atoms with Gasteiger partial charge in [0.25, 0.3) is 5.89 Å². The van der Waals surface area contributed by atoms with Gasteiger partial charge < -0.3 is 18.3 Å². The maximum absolute atomic E-state index is 5.75. The second-order valence-electron chi connectivity index (χ2n) is 6.22. The lowest BCUT2D eigenvalue weighted by Gasteiger charge is -2.23. The number of furan rings is 1. The molecule has 0 spiro atoms. The van der Waals surface area contributed by atoms with E-state index in [1.807, 2.05) is 12.1 Å². The van der Waals surface area contributed by atoms with E-state index in [0.717, 1.165) is 30.9 Å². The SMILES string of the molecule is c1coc(-c2nnc(CN3CCC[C@H]3c3ccc4c(c3)OCO4)o2)c1. The summed E-state index contributed by atoms with van der Waals surface area (Å²) in [6.07, 6.45) is 3.83. The van der Waals surface area contributed by atoms with Crippen LogP contribution in [-0.4, -0.2) is 28.4 Å². The summed E-state index contributed by atoms with van der Waals surface area (Å²) in [4.78, 5) is 2.36. The Morgan fingerprint density at radius 1 is 1.12 bits per heavy atom. The molecule has 128 valence electrons. The van der Waals surface area contributed by atoms with Crippen LogP contribution in [0.25, 0.3) is 11.7 Å². The van der Waals surface area contributed by atoms with Crippen molar-refractivity contribution in [2.45, 2.75) is 25.4 Å². The Kier molecular flexibility index (Phi) is 3.45. The second-order valence-corrected chi connectivity index (χ2v) is 6.22. The van der Waals surface area contributed by atoms with Crippen molar-refractivity contribution in [2.24, 2.45) is 0 Å². The van der Waals surface area contributed by atoms with Crippen LogP contribution in [0.3, 0.4) is 0 Å². The molecule has 0 amide bonds. The van der Waals surface area contributed by atoms with Crippen LogP contribution in [-0.2, 0) is 6.54 Å². The summed E-state index contributed by atoms with van der Waals surface area (Å²) in [6, 6.07) is 10.1. The number of aromatic nitrogens is 2. The van der Waals surface area contributed by atoms with E-state index in [4.69, 9.17) is 18.3 Å². The fraction of sp³-hybridized carbons (Fsp3) is 0.333. The van der Waals surface area contributed by atoms with E-state index in [-0.39, 0.29) is 0 Å². The Balaban J connectivity index is 1.35. The Hall–Kier alpha value is -2.80. The molecular weight excluding hydrogens is 322 g/mol. The molecular formula is C18H17N3O4. The van der Waals surface area contributed by atoms with Gasteiger partial charge in [0, 0.05) is 6.04 Å². The molecule has 4 heterocycles. The Morgan fingerprint density at radius 3 is 3.00 bits per heavy atom. The molecule has 2 aromatic heterocycles. The quantitative estimate of drug-likeness (QED) is 0.721. The van der Waals surface area contributed by atoms with Gasteiger partial charge >= 0.3 is 0 Å². The fourth-order valence-corrected chi connectivity index (χ4v) is 3.50. The van der Waals surface area contributed by atoms with Crippen molar-refractivity contribution in [2.75, 3.05) is 13.3 Å². The molecule has 1 aromatic carbocycles. The van der Waals surface area contributed by atoms with Gasteiger partial charge in [-0.05, 0) is 49.2 Å². The molecule has 1 saturated heterocycles. The first-order chi connectivity index (χ1) is 12.4. The molecule has 5 rings (SSSR count). The van der Waals surface area contributed by atoms with E-state index in [9.17, 15) is 0 Å². The van der Waals surface area contributed by atoms with Gasteiger partial charge in [-0.25, -0.2) is 0 Å². The summed E-state index contributed by atoms with van der Waals surface area (Å²) in [5.74, 6) is 3.24. The Labute approximate surface area is 144 Å². The first-order valence-electron chi connectivity index (χ1n) is 8.37. The molecule has 2 aliphatic rings. The summed E-state index contributed by atoms with van der Waals surface area (Å²) in [5.41, 5.74) is 1.23. The molecule has 2 aliphatic heterocycles. The van der Waals surface area contributed by atoms with Crippen LogP contribution in [0.1, 0.15) is 30.3 Å². The van der Waals surface area contributed by atoms with Gasteiger partial charge in [-0.1, -0.05) is 6.07 Å². The van der Waals surface area contributed by atoms with Crippen molar-refractivity contribution in [3.8, 4) is 23.1 Å². The first-order valence-corrected chi connectivity index (χ1v) is 8.37. The number of hydrogen-bond donors (Lipinski definition) is 0. The predicted molar refractivity (Wildman–Crippen MR) is 87.0 cm³/mol. The van der Waals surface area contributed by atoms with E-state index in [1.165, 1.54) is 5.56 Å². The average molecular weight is 339 g/mol. The zero-order valence-corrected chi connectivity index (χ0v) is 13.6. The Morgan fingerprint density at radius 2 is 2.08 bits per heavy atom. The van der Waals surface area contributed by atoms with Crippen LogP contribution < -0.4 is 9.47 Å². The van der Waals surface area contributed by atoms with Crippen molar-refractivity contribution >= 4 is 0 Å². The first kappa shape index (κ1) is 14.5. The maximum atomic E-state index is 5.75. The molecule has 0 unspecified atom stereocenters. The van der Waals surface area contributed by atoms with Gasteiger partial charge in [-0.15, -0.1) is 10.2 Å². The highest BCUT2D eigenvalue weighted by molar-refractivity contribution is 5.45. The number of likely N-dealkylation sites (tertiary alicyclic amines) is 1. The van der Waals surface area contributed by atoms with Gasteiger partial charge in [0.1, 0.15) is 0 Å². The summed E-state index contributed by atoms with van der Waals surface area (Å²) >= 11 is 0. The van der Waals surface area contributed by atoms with Crippen molar-refractivity contribution in [1.82, 2.24) is 15.1 Å². The van der Waals surface area contributed by atoms with Gasteiger partial charge in [0.2, 0.25) is 12.7 Å². The van der Waals surface area contributed by atoms with E-state index < -0.39 is 0 Å².